The number of alkyl halides is 3. The van der Waals surface area contributed by atoms with E-state index in [2.05, 4.69) is 5.10 Å². The Labute approximate surface area is 155 Å². The first-order valence-electron chi connectivity index (χ1n) is 7.38. The zero-order valence-corrected chi connectivity index (χ0v) is 15.0. The van der Waals surface area contributed by atoms with Gasteiger partial charge in [0.05, 0.1) is 16.3 Å². The number of aromatic nitrogens is 2. The number of rotatable bonds is 3. The van der Waals surface area contributed by atoms with Gasteiger partial charge < -0.3 is 0 Å². The molecule has 4 nitrogen and oxygen atoms in total. The molecular formula is C17H13ClF3N3OS. The molecule has 0 aliphatic carbocycles. The average molecular weight is 400 g/mol. The van der Waals surface area contributed by atoms with Crippen LogP contribution in [0.2, 0.25) is 5.02 Å². The molecule has 0 amide bonds. The summed E-state index contributed by atoms with van der Waals surface area (Å²) >= 11 is 5.88. The number of nitrogens with two attached hydrogens (primary N) is 1. The predicted molar refractivity (Wildman–Crippen MR) is 94.3 cm³/mol. The minimum absolute atomic E-state index is 0.00583. The third-order valence-electron chi connectivity index (χ3n) is 3.82. The Balaban J connectivity index is 2.23. The van der Waals surface area contributed by atoms with Crippen LogP contribution >= 0.6 is 11.6 Å². The van der Waals surface area contributed by atoms with Crippen LogP contribution in [0, 0.1) is 6.92 Å². The topological polar surface area (TPSA) is 60.9 Å². The quantitative estimate of drug-likeness (QED) is 0.704. The largest absolute Gasteiger partial charge is 0.435 e. The second-order valence-electron chi connectivity index (χ2n) is 5.53. The third kappa shape index (κ3) is 3.53. The van der Waals surface area contributed by atoms with Gasteiger partial charge in [-0.3, -0.25) is 0 Å². The number of hydrogen-bond acceptors (Lipinski definition) is 2. The molecule has 0 spiro atoms. The predicted octanol–water partition coefficient (Wildman–Crippen LogP) is 4.50. The van der Waals surface area contributed by atoms with Gasteiger partial charge in [-0.15, -0.1) is 0 Å². The Morgan fingerprint density at radius 1 is 1.08 bits per heavy atom. The second-order valence-corrected chi connectivity index (χ2v) is 7.03. The third-order valence-corrected chi connectivity index (χ3v) is 4.81. The highest BCUT2D eigenvalue weighted by molar-refractivity contribution is 7.82. The van der Waals surface area contributed by atoms with E-state index in [9.17, 15) is 17.4 Å². The Hall–Kier alpha value is -2.16. The van der Waals surface area contributed by atoms with Gasteiger partial charge in [-0.25, -0.2) is 14.0 Å². The summed E-state index contributed by atoms with van der Waals surface area (Å²) in [5, 5.41) is 9.56. The van der Waals surface area contributed by atoms with Gasteiger partial charge in [-0.2, -0.15) is 18.3 Å². The van der Waals surface area contributed by atoms with Crippen molar-refractivity contribution in [2.45, 2.75) is 18.0 Å². The van der Waals surface area contributed by atoms with E-state index >= 15 is 0 Å². The molecule has 1 atom stereocenters. The molecule has 0 aliphatic rings. The Morgan fingerprint density at radius 3 is 2.15 bits per heavy atom. The van der Waals surface area contributed by atoms with Gasteiger partial charge in [0.15, 0.2) is 5.69 Å². The van der Waals surface area contributed by atoms with Crippen LogP contribution in [0.5, 0.6) is 0 Å². The second kappa shape index (κ2) is 6.86. The van der Waals surface area contributed by atoms with Crippen LogP contribution in [-0.2, 0) is 17.2 Å². The summed E-state index contributed by atoms with van der Waals surface area (Å²) in [5.41, 5.74) is 0.278. The van der Waals surface area contributed by atoms with E-state index in [0.717, 1.165) is 0 Å². The summed E-state index contributed by atoms with van der Waals surface area (Å²) in [6.07, 6.45) is -4.59. The monoisotopic (exact) mass is 399 g/mol. The molecule has 1 heterocycles. The molecule has 2 aromatic carbocycles. The first-order valence-corrected chi connectivity index (χ1v) is 8.97. The molecule has 3 rings (SSSR count). The molecule has 26 heavy (non-hydrogen) atoms. The van der Waals surface area contributed by atoms with Crippen LogP contribution in [0.25, 0.3) is 16.9 Å². The van der Waals surface area contributed by atoms with Gasteiger partial charge in [0.25, 0.3) is 0 Å². The molecule has 0 saturated carbocycles. The van der Waals surface area contributed by atoms with Crippen molar-refractivity contribution in [1.29, 1.82) is 0 Å². The van der Waals surface area contributed by atoms with Crippen LogP contribution in [0.3, 0.4) is 0 Å². The summed E-state index contributed by atoms with van der Waals surface area (Å²) < 4.78 is 52.6. The maximum atomic E-state index is 13.4. The van der Waals surface area contributed by atoms with E-state index in [1.807, 2.05) is 0 Å². The van der Waals surface area contributed by atoms with Gasteiger partial charge in [0, 0.05) is 16.1 Å². The minimum Gasteiger partial charge on any atom is -0.248 e. The van der Waals surface area contributed by atoms with Gasteiger partial charge in [0.1, 0.15) is 11.0 Å². The molecule has 3 aromatic rings. The van der Waals surface area contributed by atoms with Crippen molar-refractivity contribution < 1.29 is 17.4 Å². The van der Waals surface area contributed by atoms with Gasteiger partial charge >= 0.3 is 6.18 Å². The maximum Gasteiger partial charge on any atom is 0.435 e. The first-order chi connectivity index (χ1) is 12.2. The zero-order chi connectivity index (χ0) is 19.1. The molecule has 1 aromatic heterocycles. The van der Waals surface area contributed by atoms with E-state index in [1.165, 1.54) is 35.9 Å². The van der Waals surface area contributed by atoms with E-state index in [-0.39, 0.29) is 5.56 Å². The lowest BCUT2D eigenvalue weighted by molar-refractivity contribution is -0.141. The highest BCUT2D eigenvalue weighted by Crippen LogP contribution is 2.37. The lowest BCUT2D eigenvalue weighted by Gasteiger charge is -2.09. The van der Waals surface area contributed by atoms with Crippen molar-refractivity contribution >= 4 is 22.6 Å². The Kier molecular flexibility index (Phi) is 4.92. The molecule has 136 valence electrons. The fraction of sp³-hybridized carbons (Fsp3) is 0.118. The molecule has 0 radical (unpaired) electrons. The van der Waals surface area contributed by atoms with Crippen molar-refractivity contribution in [1.82, 2.24) is 9.78 Å². The van der Waals surface area contributed by atoms with Crippen molar-refractivity contribution in [2.24, 2.45) is 5.14 Å². The number of nitrogens with zero attached hydrogens (tertiary/aromatic N) is 2. The molecule has 2 N–H and O–H groups in total. The Bertz CT molecular complexity index is 967. The highest BCUT2D eigenvalue weighted by atomic mass is 35.5. The molecule has 0 saturated heterocycles. The minimum atomic E-state index is -4.59. The number of halogens is 4. The van der Waals surface area contributed by atoms with E-state index < -0.39 is 22.9 Å². The smallest absolute Gasteiger partial charge is 0.248 e. The van der Waals surface area contributed by atoms with Crippen molar-refractivity contribution in [3.05, 3.63) is 64.8 Å². The van der Waals surface area contributed by atoms with Crippen LogP contribution in [-0.4, -0.2) is 14.0 Å². The fourth-order valence-corrected chi connectivity index (χ4v) is 3.15. The molecule has 0 bridgehead atoms. The van der Waals surface area contributed by atoms with Crippen molar-refractivity contribution in [3.8, 4) is 16.9 Å². The van der Waals surface area contributed by atoms with Crippen LogP contribution in [0.4, 0.5) is 13.2 Å². The highest BCUT2D eigenvalue weighted by Gasteiger charge is 2.38. The van der Waals surface area contributed by atoms with Gasteiger partial charge in [0.2, 0.25) is 0 Å². The summed E-state index contributed by atoms with van der Waals surface area (Å²) in [5.74, 6) is 0. The normalized spacial score (nSPS) is 13.0. The van der Waals surface area contributed by atoms with E-state index in [1.54, 1.807) is 24.3 Å². The number of benzene rings is 2. The van der Waals surface area contributed by atoms with E-state index in [0.29, 0.717) is 26.9 Å². The lowest BCUT2D eigenvalue weighted by atomic mass is 10.1. The Morgan fingerprint density at radius 2 is 1.65 bits per heavy atom. The molecule has 9 heteroatoms. The van der Waals surface area contributed by atoms with E-state index in [4.69, 9.17) is 16.7 Å². The molecular weight excluding hydrogens is 387 g/mol. The van der Waals surface area contributed by atoms with Crippen molar-refractivity contribution in [2.75, 3.05) is 0 Å². The summed E-state index contributed by atoms with van der Waals surface area (Å²) in [7, 11) is -1.68. The van der Waals surface area contributed by atoms with Crippen LogP contribution < -0.4 is 5.14 Å². The molecule has 0 aliphatic heterocycles. The first kappa shape index (κ1) is 18.6. The summed E-state index contributed by atoms with van der Waals surface area (Å²) in [6.45, 7) is 1.37. The number of hydrogen-bond donors (Lipinski definition) is 1. The zero-order valence-electron chi connectivity index (χ0n) is 13.4. The molecule has 0 fully saturated rings. The average Bonchev–Trinajstić information content (AvgIpc) is 2.93. The fourth-order valence-electron chi connectivity index (χ4n) is 2.62. The van der Waals surface area contributed by atoms with Crippen LogP contribution in [0.1, 0.15) is 11.3 Å². The van der Waals surface area contributed by atoms with Crippen molar-refractivity contribution in [3.63, 3.8) is 0 Å². The summed E-state index contributed by atoms with van der Waals surface area (Å²) in [6, 6.07) is 12.5. The maximum absolute atomic E-state index is 13.4. The van der Waals surface area contributed by atoms with Gasteiger partial charge in [-0.05, 0) is 43.3 Å². The van der Waals surface area contributed by atoms with Gasteiger partial charge in [-0.1, -0.05) is 23.7 Å². The lowest BCUT2D eigenvalue weighted by Crippen LogP contribution is -2.08. The summed E-state index contributed by atoms with van der Waals surface area (Å²) in [4.78, 5) is 0.363. The SMILES string of the molecule is Cc1c(C(F)(F)F)nn(-c2ccc(S(N)=O)cc2)c1-c1ccc(Cl)cc1. The van der Waals surface area contributed by atoms with Crippen LogP contribution in [0.15, 0.2) is 53.4 Å². The standard InChI is InChI=1S/C17H13ClF3N3OS/c1-10-15(11-2-4-12(18)5-3-11)24(23-16(10)17(19,20)21)13-6-8-14(9-7-13)26(22)25/h2-9H,22H2,1H3. The molecule has 1 unspecified atom stereocenters.